The van der Waals surface area contributed by atoms with Gasteiger partial charge >= 0.3 is 0 Å². The van der Waals surface area contributed by atoms with Crippen molar-refractivity contribution in [1.82, 2.24) is 4.72 Å². The highest BCUT2D eigenvalue weighted by Gasteiger charge is 2.24. The van der Waals surface area contributed by atoms with Gasteiger partial charge < -0.3 is 0 Å². The first-order valence-corrected chi connectivity index (χ1v) is 4.79. The Kier molecular flexibility index (Phi) is 1.77. The zero-order chi connectivity index (χ0) is 6.91. The predicted molar refractivity (Wildman–Crippen MR) is 35.6 cm³/mol. The van der Waals surface area contributed by atoms with E-state index in [9.17, 15) is 8.42 Å². The number of nitrogens with one attached hydrogen (secondary N) is 1. The first-order chi connectivity index (χ1) is 4.14. The maximum Gasteiger partial charge on any atom is 0.211 e. The Morgan fingerprint density at radius 3 is 2.56 bits per heavy atom. The van der Waals surface area contributed by atoms with Crippen LogP contribution < -0.4 is 4.72 Å². The molecule has 1 rings (SSSR count). The summed E-state index contributed by atoms with van der Waals surface area (Å²) < 4.78 is 23.9. The van der Waals surface area contributed by atoms with Crippen LogP contribution in [0.1, 0.15) is 19.8 Å². The van der Waals surface area contributed by atoms with Gasteiger partial charge in [0, 0.05) is 6.04 Å². The molecule has 1 N–H and O–H groups in total. The highest BCUT2D eigenvalue weighted by atomic mass is 32.2. The molecule has 0 saturated carbocycles. The minimum atomic E-state index is -2.86. The van der Waals surface area contributed by atoms with Crippen molar-refractivity contribution >= 4 is 10.0 Å². The Morgan fingerprint density at radius 1 is 1.67 bits per heavy atom. The fourth-order valence-corrected chi connectivity index (χ4v) is 2.46. The lowest BCUT2D eigenvalue weighted by molar-refractivity contribution is 0.574. The summed E-state index contributed by atoms with van der Waals surface area (Å²) in [7, 11) is -2.86. The van der Waals surface area contributed by atoms with Gasteiger partial charge in [0.1, 0.15) is 0 Å². The summed E-state index contributed by atoms with van der Waals surface area (Å²) in [5.74, 6) is 0.311. The van der Waals surface area contributed by atoms with E-state index >= 15 is 0 Å². The Bertz CT molecular complexity index is 185. The van der Waals surface area contributed by atoms with Crippen molar-refractivity contribution in [3.63, 3.8) is 0 Å². The third kappa shape index (κ3) is 1.66. The fourth-order valence-electron chi connectivity index (χ4n) is 0.957. The molecule has 1 fully saturated rings. The molecule has 1 aliphatic heterocycles. The molecule has 0 aliphatic carbocycles. The normalized spacial score (nSPS) is 32.8. The van der Waals surface area contributed by atoms with E-state index in [0.717, 1.165) is 12.8 Å². The van der Waals surface area contributed by atoms with Gasteiger partial charge in [-0.15, -0.1) is 0 Å². The smallest absolute Gasteiger partial charge is 0.211 e. The molecule has 0 spiro atoms. The van der Waals surface area contributed by atoms with Crippen LogP contribution in [0, 0.1) is 0 Å². The van der Waals surface area contributed by atoms with E-state index in [4.69, 9.17) is 0 Å². The molecule has 0 amide bonds. The number of sulfonamides is 1. The molecule has 0 aromatic heterocycles. The van der Waals surface area contributed by atoms with E-state index in [2.05, 4.69) is 4.72 Å². The van der Waals surface area contributed by atoms with E-state index in [-0.39, 0.29) is 6.04 Å². The van der Waals surface area contributed by atoms with Gasteiger partial charge in [0.25, 0.3) is 0 Å². The van der Waals surface area contributed by atoms with Crippen molar-refractivity contribution < 1.29 is 8.42 Å². The van der Waals surface area contributed by atoms with Gasteiger partial charge in [-0.3, -0.25) is 0 Å². The molecule has 0 bridgehead atoms. The summed E-state index contributed by atoms with van der Waals surface area (Å²) in [6.07, 6.45) is 1.68. The van der Waals surface area contributed by atoms with Gasteiger partial charge in [0.15, 0.2) is 0 Å². The van der Waals surface area contributed by atoms with Crippen LogP contribution in [-0.4, -0.2) is 20.2 Å². The standard InChI is InChI=1S/C5H11NO2S/c1-2-5-3-4-9(7,8)6-5/h5-6H,2-4H2,1H3/t5-/m1/s1. The maximum absolute atomic E-state index is 10.7. The lowest BCUT2D eigenvalue weighted by atomic mass is 10.2. The SMILES string of the molecule is CC[C@@H]1CCS(=O)(=O)N1. The van der Waals surface area contributed by atoms with Gasteiger partial charge in [0.05, 0.1) is 5.75 Å². The van der Waals surface area contributed by atoms with Gasteiger partial charge in [-0.25, -0.2) is 13.1 Å². The largest absolute Gasteiger partial charge is 0.212 e. The first-order valence-electron chi connectivity index (χ1n) is 3.14. The van der Waals surface area contributed by atoms with Crippen molar-refractivity contribution in [2.75, 3.05) is 5.75 Å². The molecule has 0 unspecified atom stereocenters. The third-order valence-electron chi connectivity index (χ3n) is 1.57. The molecule has 0 aromatic carbocycles. The van der Waals surface area contributed by atoms with E-state index in [1.807, 2.05) is 6.92 Å². The molecular formula is C5H11NO2S. The summed E-state index contributed by atoms with van der Waals surface area (Å²) in [6, 6.07) is 0.204. The number of rotatable bonds is 1. The lowest BCUT2D eigenvalue weighted by Crippen LogP contribution is -2.24. The summed E-state index contributed by atoms with van der Waals surface area (Å²) in [5, 5.41) is 0. The minimum Gasteiger partial charge on any atom is -0.212 e. The highest BCUT2D eigenvalue weighted by molar-refractivity contribution is 7.89. The van der Waals surface area contributed by atoms with Crippen molar-refractivity contribution in [1.29, 1.82) is 0 Å². The second-order valence-electron chi connectivity index (χ2n) is 2.33. The van der Waals surface area contributed by atoms with E-state index < -0.39 is 10.0 Å². The van der Waals surface area contributed by atoms with Crippen LogP contribution in [-0.2, 0) is 10.0 Å². The molecule has 4 heteroatoms. The Balaban J connectivity index is 2.58. The van der Waals surface area contributed by atoms with Crippen molar-refractivity contribution in [3.8, 4) is 0 Å². The highest BCUT2D eigenvalue weighted by Crippen LogP contribution is 2.09. The van der Waals surface area contributed by atoms with E-state index in [1.165, 1.54) is 0 Å². The zero-order valence-electron chi connectivity index (χ0n) is 5.42. The second kappa shape index (κ2) is 2.27. The van der Waals surface area contributed by atoms with Crippen molar-refractivity contribution in [2.24, 2.45) is 0 Å². The fraction of sp³-hybridized carbons (Fsp3) is 1.00. The van der Waals surface area contributed by atoms with Crippen LogP contribution in [0.5, 0.6) is 0 Å². The monoisotopic (exact) mass is 149 g/mol. The van der Waals surface area contributed by atoms with Crippen LogP contribution in [0.2, 0.25) is 0 Å². The first kappa shape index (κ1) is 7.02. The van der Waals surface area contributed by atoms with Crippen LogP contribution in [0.15, 0.2) is 0 Å². The summed E-state index contributed by atoms with van der Waals surface area (Å²) in [4.78, 5) is 0. The Hall–Kier alpha value is -0.0900. The molecule has 1 saturated heterocycles. The zero-order valence-corrected chi connectivity index (χ0v) is 6.24. The van der Waals surface area contributed by atoms with Gasteiger partial charge in [-0.1, -0.05) is 6.92 Å². The molecule has 3 nitrogen and oxygen atoms in total. The van der Waals surface area contributed by atoms with Crippen LogP contribution in [0.3, 0.4) is 0 Å². The Labute approximate surface area is 55.5 Å². The predicted octanol–water partition coefficient (Wildman–Crippen LogP) is 0.0881. The van der Waals surface area contributed by atoms with Crippen molar-refractivity contribution in [3.05, 3.63) is 0 Å². The average Bonchev–Trinajstić information content (AvgIpc) is 2.10. The van der Waals surface area contributed by atoms with E-state index in [1.54, 1.807) is 0 Å². The topological polar surface area (TPSA) is 46.2 Å². The summed E-state index contributed by atoms with van der Waals surface area (Å²) in [6.45, 7) is 1.98. The maximum atomic E-state index is 10.7. The molecule has 54 valence electrons. The minimum absolute atomic E-state index is 0.204. The molecular weight excluding hydrogens is 138 g/mol. The molecule has 1 aliphatic rings. The number of hydrogen-bond acceptors (Lipinski definition) is 2. The van der Waals surface area contributed by atoms with Crippen molar-refractivity contribution in [2.45, 2.75) is 25.8 Å². The average molecular weight is 149 g/mol. The van der Waals surface area contributed by atoms with E-state index in [0.29, 0.717) is 5.75 Å². The quantitative estimate of drug-likeness (QED) is 0.574. The van der Waals surface area contributed by atoms with Crippen LogP contribution >= 0.6 is 0 Å². The molecule has 9 heavy (non-hydrogen) atoms. The summed E-state index contributed by atoms with van der Waals surface area (Å²) in [5.41, 5.74) is 0. The summed E-state index contributed by atoms with van der Waals surface area (Å²) >= 11 is 0. The third-order valence-corrected chi connectivity index (χ3v) is 3.04. The molecule has 0 aromatic rings. The molecule has 0 radical (unpaired) electrons. The molecule has 1 heterocycles. The van der Waals surface area contributed by atoms with Gasteiger partial charge in [0.2, 0.25) is 10.0 Å². The van der Waals surface area contributed by atoms with Crippen LogP contribution in [0.25, 0.3) is 0 Å². The lowest BCUT2D eigenvalue weighted by Gasteiger charge is -2.01. The van der Waals surface area contributed by atoms with Gasteiger partial charge in [-0.2, -0.15) is 0 Å². The van der Waals surface area contributed by atoms with Crippen LogP contribution in [0.4, 0.5) is 0 Å². The van der Waals surface area contributed by atoms with Gasteiger partial charge in [-0.05, 0) is 12.8 Å². The Morgan fingerprint density at radius 2 is 2.33 bits per heavy atom. The molecule has 1 atom stereocenters. The second-order valence-corrected chi connectivity index (χ2v) is 4.20. The number of hydrogen-bond donors (Lipinski definition) is 1.